The van der Waals surface area contributed by atoms with Crippen LogP contribution in [0.4, 0.5) is 15.8 Å². The molecule has 1 amide bonds. The third-order valence-electron chi connectivity index (χ3n) is 4.62. The van der Waals surface area contributed by atoms with Crippen molar-refractivity contribution in [3.63, 3.8) is 0 Å². The summed E-state index contributed by atoms with van der Waals surface area (Å²) in [5.74, 6) is -1.80. The van der Waals surface area contributed by atoms with E-state index in [1.54, 1.807) is 12.1 Å². The number of ether oxygens (including phenoxy) is 1. The summed E-state index contributed by atoms with van der Waals surface area (Å²) in [6.07, 6.45) is 1.87. The fourth-order valence-electron chi connectivity index (χ4n) is 2.96. The molecule has 33 heavy (non-hydrogen) atoms. The van der Waals surface area contributed by atoms with Crippen molar-refractivity contribution in [2.75, 3.05) is 29.5 Å². The van der Waals surface area contributed by atoms with Gasteiger partial charge in [0.2, 0.25) is 5.91 Å². The molecule has 0 unspecified atom stereocenters. The SMILES string of the molecule is COC(=O)c1ccc(NC(=O)CN(c2cccc(F)c2)S(=O)(=O)c2ccc(SC)cc2)cc1. The first-order valence-electron chi connectivity index (χ1n) is 9.65. The first-order chi connectivity index (χ1) is 15.7. The van der Waals surface area contributed by atoms with Gasteiger partial charge in [-0.15, -0.1) is 11.8 Å². The number of sulfonamides is 1. The summed E-state index contributed by atoms with van der Waals surface area (Å²) in [7, 11) is -2.91. The van der Waals surface area contributed by atoms with Gasteiger partial charge in [-0.3, -0.25) is 9.10 Å². The second-order valence-electron chi connectivity index (χ2n) is 6.78. The number of carbonyl (C=O) groups is 2. The third kappa shape index (κ3) is 5.91. The van der Waals surface area contributed by atoms with Crippen LogP contribution < -0.4 is 9.62 Å². The monoisotopic (exact) mass is 488 g/mol. The van der Waals surface area contributed by atoms with Crippen LogP contribution in [0.25, 0.3) is 0 Å². The van der Waals surface area contributed by atoms with Crippen LogP contribution in [-0.2, 0) is 19.6 Å². The molecule has 0 aliphatic rings. The van der Waals surface area contributed by atoms with Crippen LogP contribution in [0.2, 0.25) is 0 Å². The van der Waals surface area contributed by atoms with Gasteiger partial charge in [-0.2, -0.15) is 0 Å². The fourth-order valence-corrected chi connectivity index (χ4v) is 4.78. The maximum Gasteiger partial charge on any atom is 0.337 e. The van der Waals surface area contributed by atoms with E-state index in [4.69, 9.17) is 0 Å². The highest BCUT2D eigenvalue weighted by atomic mass is 32.2. The Morgan fingerprint density at radius 2 is 1.70 bits per heavy atom. The van der Waals surface area contributed by atoms with E-state index in [9.17, 15) is 22.4 Å². The Kier molecular flexibility index (Phi) is 7.72. The zero-order valence-electron chi connectivity index (χ0n) is 17.8. The lowest BCUT2D eigenvalue weighted by Crippen LogP contribution is -2.38. The number of halogens is 1. The molecule has 3 aromatic rings. The van der Waals surface area contributed by atoms with Crippen LogP contribution in [0.1, 0.15) is 10.4 Å². The highest BCUT2D eigenvalue weighted by Gasteiger charge is 2.27. The molecular weight excluding hydrogens is 467 g/mol. The van der Waals surface area contributed by atoms with Crippen molar-refractivity contribution in [3.05, 3.63) is 84.2 Å². The molecule has 0 aromatic heterocycles. The van der Waals surface area contributed by atoms with Crippen LogP contribution in [-0.4, -0.2) is 40.2 Å². The molecule has 3 aromatic carbocycles. The highest BCUT2D eigenvalue weighted by molar-refractivity contribution is 7.98. The van der Waals surface area contributed by atoms with Crippen molar-refractivity contribution >= 4 is 45.0 Å². The van der Waals surface area contributed by atoms with Crippen molar-refractivity contribution in [1.29, 1.82) is 0 Å². The molecule has 0 atom stereocenters. The van der Waals surface area contributed by atoms with Gasteiger partial charge in [-0.05, 0) is 73.0 Å². The average molecular weight is 489 g/mol. The molecule has 1 N–H and O–H groups in total. The van der Waals surface area contributed by atoms with Gasteiger partial charge >= 0.3 is 5.97 Å². The average Bonchev–Trinajstić information content (AvgIpc) is 2.82. The number of anilines is 2. The topological polar surface area (TPSA) is 92.8 Å². The number of nitrogens with zero attached hydrogens (tertiary/aromatic N) is 1. The molecule has 0 saturated heterocycles. The standard InChI is InChI=1S/C23H21FN2O5S2/c1-31-23(28)16-6-8-18(9-7-16)25-22(27)15-26(19-5-3-4-17(24)14-19)33(29,30)21-12-10-20(32-2)11-13-21/h3-14H,15H2,1-2H3,(H,25,27). The number of rotatable bonds is 8. The largest absolute Gasteiger partial charge is 0.465 e. The van der Waals surface area contributed by atoms with E-state index in [1.807, 2.05) is 6.26 Å². The molecule has 0 bridgehead atoms. The van der Waals surface area contributed by atoms with E-state index in [1.165, 1.54) is 73.5 Å². The normalized spacial score (nSPS) is 11.0. The molecule has 172 valence electrons. The Bertz CT molecular complexity index is 1250. The second-order valence-corrected chi connectivity index (χ2v) is 9.53. The van der Waals surface area contributed by atoms with Gasteiger partial charge in [0.1, 0.15) is 12.4 Å². The van der Waals surface area contributed by atoms with E-state index in [2.05, 4.69) is 10.1 Å². The smallest absolute Gasteiger partial charge is 0.337 e. The summed E-state index contributed by atoms with van der Waals surface area (Å²) >= 11 is 1.46. The molecule has 10 heteroatoms. The van der Waals surface area contributed by atoms with Gasteiger partial charge in [0, 0.05) is 10.6 Å². The minimum absolute atomic E-state index is 0.0140. The van der Waals surface area contributed by atoms with Gasteiger partial charge in [0.05, 0.1) is 23.3 Å². The number of benzene rings is 3. The zero-order chi connectivity index (χ0) is 24.0. The number of amides is 1. The number of esters is 1. The second kappa shape index (κ2) is 10.5. The van der Waals surface area contributed by atoms with Crippen molar-refractivity contribution in [1.82, 2.24) is 0 Å². The number of hydrogen-bond acceptors (Lipinski definition) is 6. The first-order valence-corrected chi connectivity index (χ1v) is 12.3. The van der Waals surface area contributed by atoms with E-state index in [-0.39, 0.29) is 10.6 Å². The van der Waals surface area contributed by atoms with Crippen LogP contribution in [0, 0.1) is 5.82 Å². The maximum absolute atomic E-state index is 13.9. The summed E-state index contributed by atoms with van der Waals surface area (Å²) < 4.78 is 46.1. The van der Waals surface area contributed by atoms with E-state index in [0.29, 0.717) is 11.3 Å². The lowest BCUT2D eigenvalue weighted by atomic mass is 10.2. The molecule has 0 saturated carbocycles. The van der Waals surface area contributed by atoms with Crippen LogP contribution >= 0.6 is 11.8 Å². The minimum Gasteiger partial charge on any atom is -0.465 e. The Morgan fingerprint density at radius 3 is 2.27 bits per heavy atom. The fraction of sp³-hybridized carbons (Fsp3) is 0.130. The molecule has 0 radical (unpaired) electrons. The number of hydrogen-bond donors (Lipinski definition) is 1. The van der Waals surface area contributed by atoms with Gasteiger partial charge < -0.3 is 10.1 Å². The lowest BCUT2D eigenvalue weighted by Gasteiger charge is -2.24. The zero-order valence-corrected chi connectivity index (χ0v) is 19.5. The van der Waals surface area contributed by atoms with Gasteiger partial charge in [0.15, 0.2) is 0 Å². The number of nitrogens with one attached hydrogen (secondary N) is 1. The summed E-state index contributed by atoms with van der Waals surface area (Å²) in [5, 5.41) is 2.59. The van der Waals surface area contributed by atoms with Crippen molar-refractivity contribution in [2.45, 2.75) is 9.79 Å². The van der Waals surface area contributed by atoms with Crippen molar-refractivity contribution in [3.8, 4) is 0 Å². The predicted octanol–water partition coefficient (Wildman–Crippen LogP) is 4.17. The molecule has 7 nitrogen and oxygen atoms in total. The molecule has 3 rings (SSSR count). The highest BCUT2D eigenvalue weighted by Crippen LogP contribution is 2.26. The Balaban J connectivity index is 1.88. The van der Waals surface area contributed by atoms with Crippen LogP contribution in [0.5, 0.6) is 0 Å². The van der Waals surface area contributed by atoms with Gasteiger partial charge in [0.25, 0.3) is 10.0 Å². The van der Waals surface area contributed by atoms with Gasteiger partial charge in [-0.1, -0.05) is 6.07 Å². The molecule has 0 aliphatic heterocycles. The Labute approximate surface area is 195 Å². The van der Waals surface area contributed by atoms with E-state index < -0.39 is 34.3 Å². The summed E-state index contributed by atoms with van der Waals surface area (Å²) in [4.78, 5) is 25.1. The Morgan fingerprint density at radius 1 is 1.03 bits per heavy atom. The number of thioether (sulfide) groups is 1. The molecule has 0 fully saturated rings. The maximum atomic E-state index is 13.9. The molecule has 0 aliphatic carbocycles. The molecular formula is C23H21FN2O5S2. The van der Waals surface area contributed by atoms with Gasteiger partial charge in [-0.25, -0.2) is 17.6 Å². The molecule has 0 heterocycles. The quantitative estimate of drug-likeness (QED) is 0.378. The lowest BCUT2D eigenvalue weighted by molar-refractivity contribution is -0.114. The summed E-state index contributed by atoms with van der Waals surface area (Å²) in [6, 6.07) is 17.1. The molecule has 0 spiro atoms. The van der Waals surface area contributed by atoms with Crippen molar-refractivity contribution in [2.24, 2.45) is 0 Å². The number of methoxy groups -OCH3 is 1. The van der Waals surface area contributed by atoms with E-state index >= 15 is 0 Å². The van der Waals surface area contributed by atoms with Crippen LogP contribution in [0.3, 0.4) is 0 Å². The minimum atomic E-state index is -4.17. The number of carbonyl (C=O) groups excluding carboxylic acids is 2. The van der Waals surface area contributed by atoms with Crippen molar-refractivity contribution < 1.29 is 27.1 Å². The summed E-state index contributed by atoms with van der Waals surface area (Å²) in [5.41, 5.74) is 0.668. The predicted molar refractivity (Wildman–Crippen MR) is 126 cm³/mol. The Hall–Kier alpha value is -3.37. The first kappa shape index (κ1) is 24.3. The van der Waals surface area contributed by atoms with Crippen LogP contribution in [0.15, 0.2) is 82.6 Å². The third-order valence-corrected chi connectivity index (χ3v) is 7.15. The van der Waals surface area contributed by atoms with E-state index in [0.717, 1.165) is 15.3 Å². The summed E-state index contributed by atoms with van der Waals surface area (Å²) in [6.45, 7) is -0.588.